The maximum atomic E-state index is 13.2. The van der Waals surface area contributed by atoms with Crippen LogP contribution in [0.15, 0.2) is 91.0 Å². The van der Waals surface area contributed by atoms with Gasteiger partial charge in [-0.25, -0.2) is 9.59 Å². The Morgan fingerprint density at radius 2 is 1.49 bits per heavy atom. The van der Waals surface area contributed by atoms with Crippen molar-refractivity contribution in [3.05, 3.63) is 113 Å². The van der Waals surface area contributed by atoms with Crippen LogP contribution in [0, 0.1) is 0 Å². The molecule has 0 fully saturated rings. The molecule has 0 amide bonds. The zero-order valence-electron chi connectivity index (χ0n) is 19.7. The highest BCUT2D eigenvalue weighted by Gasteiger charge is 2.16. The average molecular weight is 467 g/mol. The molecular weight excluding hydrogens is 440 g/mol. The molecule has 0 unspecified atom stereocenters. The van der Waals surface area contributed by atoms with E-state index in [1.54, 1.807) is 30.3 Å². The maximum absolute atomic E-state index is 13.2. The van der Waals surface area contributed by atoms with Crippen LogP contribution in [-0.4, -0.2) is 25.7 Å². The highest BCUT2D eigenvalue weighted by molar-refractivity contribution is 6.22. The predicted molar refractivity (Wildman–Crippen MR) is 137 cm³/mol. The number of carbonyl (C=O) groups is 2. The van der Waals surface area contributed by atoms with E-state index in [1.807, 2.05) is 73.7 Å². The lowest BCUT2D eigenvalue weighted by Crippen LogP contribution is -2.07. The van der Waals surface area contributed by atoms with Gasteiger partial charge in [-0.2, -0.15) is 0 Å². The SMILES string of the molecule is CCOc1ccc2cc(C(=Cc3ccc(C(=O)OC)cc3)C(=O)OCc3ccccc3)ccc2c1. The third-order valence-electron chi connectivity index (χ3n) is 5.51. The molecule has 35 heavy (non-hydrogen) atoms. The third-order valence-corrected chi connectivity index (χ3v) is 5.51. The van der Waals surface area contributed by atoms with E-state index >= 15 is 0 Å². The third kappa shape index (κ3) is 5.95. The first-order valence-corrected chi connectivity index (χ1v) is 11.4. The molecule has 0 aromatic heterocycles. The van der Waals surface area contributed by atoms with Crippen molar-refractivity contribution in [3.8, 4) is 5.75 Å². The number of fused-ring (bicyclic) bond motifs is 1. The van der Waals surface area contributed by atoms with Crippen molar-refractivity contribution in [1.82, 2.24) is 0 Å². The summed E-state index contributed by atoms with van der Waals surface area (Å²) in [6, 6.07) is 28.1. The zero-order valence-corrected chi connectivity index (χ0v) is 19.7. The van der Waals surface area contributed by atoms with Gasteiger partial charge in [0.1, 0.15) is 12.4 Å². The number of hydrogen-bond donors (Lipinski definition) is 0. The van der Waals surface area contributed by atoms with E-state index in [0.29, 0.717) is 17.7 Å². The molecule has 0 aliphatic heterocycles. The first kappa shape index (κ1) is 23.8. The first-order valence-electron chi connectivity index (χ1n) is 11.4. The Bertz CT molecular complexity index is 1350. The second-order valence-corrected chi connectivity index (χ2v) is 7.89. The molecule has 4 aromatic carbocycles. The molecule has 4 rings (SSSR count). The van der Waals surface area contributed by atoms with Crippen molar-refractivity contribution in [2.45, 2.75) is 13.5 Å². The van der Waals surface area contributed by atoms with Crippen molar-refractivity contribution in [2.75, 3.05) is 13.7 Å². The van der Waals surface area contributed by atoms with Crippen LogP contribution in [0.1, 0.15) is 34.0 Å². The normalized spacial score (nSPS) is 11.2. The summed E-state index contributed by atoms with van der Waals surface area (Å²) < 4.78 is 16.0. The minimum Gasteiger partial charge on any atom is -0.494 e. The largest absolute Gasteiger partial charge is 0.494 e. The molecule has 4 aromatic rings. The molecular formula is C30H26O5. The van der Waals surface area contributed by atoms with E-state index in [9.17, 15) is 9.59 Å². The molecule has 0 radical (unpaired) electrons. The second kappa shape index (κ2) is 11.2. The van der Waals surface area contributed by atoms with E-state index in [4.69, 9.17) is 14.2 Å². The smallest absolute Gasteiger partial charge is 0.339 e. The molecule has 176 valence electrons. The van der Waals surface area contributed by atoms with Gasteiger partial charge in [0.25, 0.3) is 0 Å². The fourth-order valence-electron chi connectivity index (χ4n) is 3.71. The van der Waals surface area contributed by atoms with E-state index in [1.165, 1.54) is 7.11 Å². The molecule has 5 heteroatoms. The number of rotatable bonds is 8. The Morgan fingerprint density at radius 3 is 2.20 bits per heavy atom. The predicted octanol–water partition coefficient (Wildman–Crippen LogP) is 6.31. The van der Waals surface area contributed by atoms with Crippen LogP contribution in [0.25, 0.3) is 22.4 Å². The van der Waals surface area contributed by atoms with E-state index in [0.717, 1.165) is 33.2 Å². The quantitative estimate of drug-likeness (QED) is 0.173. The molecule has 0 saturated carbocycles. The summed E-state index contributed by atoms with van der Waals surface area (Å²) in [6.07, 6.45) is 1.77. The zero-order chi connectivity index (χ0) is 24.6. The molecule has 0 saturated heterocycles. The highest BCUT2D eigenvalue weighted by Crippen LogP contribution is 2.27. The summed E-state index contributed by atoms with van der Waals surface area (Å²) in [6.45, 7) is 2.71. The number of benzene rings is 4. The molecule has 0 spiro atoms. The fraction of sp³-hybridized carbons (Fsp3) is 0.133. The minimum absolute atomic E-state index is 0.170. The Labute approximate surface area is 204 Å². The topological polar surface area (TPSA) is 61.8 Å². The summed E-state index contributed by atoms with van der Waals surface area (Å²) in [5.74, 6) is -0.0448. The standard InChI is InChI=1S/C30H26O5/c1-3-34-27-16-15-24-18-26(14-13-25(24)19-27)28(30(32)35-20-22-7-5-4-6-8-22)17-21-9-11-23(12-10-21)29(31)33-2/h4-19H,3,20H2,1-2H3. The van der Waals surface area contributed by atoms with Gasteiger partial charge < -0.3 is 14.2 Å². The van der Waals surface area contributed by atoms with Crippen LogP contribution < -0.4 is 4.74 Å². The van der Waals surface area contributed by atoms with Gasteiger partial charge in [0.2, 0.25) is 0 Å². The Hall–Kier alpha value is -4.38. The van der Waals surface area contributed by atoms with Crippen LogP contribution in [-0.2, 0) is 20.9 Å². The van der Waals surface area contributed by atoms with E-state index < -0.39 is 11.9 Å². The Morgan fingerprint density at radius 1 is 0.800 bits per heavy atom. The number of methoxy groups -OCH3 is 1. The lowest BCUT2D eigenvalue weighted by atomic mass is 9.99. The van der Waals surface area contributed by atoms with Crippen LogP contribution in [0.5, 0.6) is 5.75 Å². The molecule has 0 N–H and O–H groups in total. The lowest BCUT2D eigenvalue weighted by molar-refractivity contribution is -0.137. The molecule has 0 aliphatic carbocycles. The molecule has 0 heterocycles. The monoisotopic (exact) mass is 466 g/mol. The van der Waals surface area contributed by atoms with Crippen molar-refractivity contribution >= 4 is 34.4 Å². The number of ether oxygens (including phenoxy) is 3. The van der Waals surface area contributed by atoms with E-state index in [-0.39, 0.29) is 6.61 Å². The highest BCUT2D eigenvalue weighted by atomic mass is 16.5. The summed E-state index contributed by atoms with van der Waals surface area (Å²) in [5.41, 5.74) is 3.26. The van der Waals surface area contributed by atoms with Crippen LogP contribution in [0.2, 0.25) is 0 Å². The Balaban J connectivity index is 1.68. The fourth-order valence-corrected chi connectivity index (χ4v) is 3.71. The Kier molecular flexibility index (Phi) is 7.58. The summed E-state index contributed by atoms with van der Waals surface area (Å²) in [5, 5.41) is 1.99. The van der Waals surface area contributed by atoms with Gasteiger partial charge in [0, 0.05) is 0 Å². The number of hydrogen-bond acceptors (Lipinski definition) is 5. The average Bonchev–Trinajstić information content (AvgIpc) is 2.90. The molecule has 0 aliphatic rings. The van der Waals surface area contributed by atoms with E-state index in [2.05, 4.69) is 0 Å². The van der Waals surface area contributed by atoms with Crippen molar-refractivity contribution in [1.29, 1.82) is 0 Å². The van der Waals surface area contributed by atoms with Crippen LogP contribution >= 0.6 is 0 Å². The van der Waals surface area contributed by atoms with Gasteiger partial charge in [-0.3, -0.25) is 0 Å². The van der Waals surface area contributed by atoms with Crippen molar-refractivity contribution in [2.24, 2.45) is 0 Å². The molecule has 0 atom stereocenters. The summed E-state index contributed by atoms with van der Waals surface area (Å²) >= 11 is 0. The van der Waals surface area contributed by atoms with Crippen molar-refractivity contribution < 1.29 is 23.8 Å². The maximum Gasteiger partial charge on any atom is 0.339 e. The van der Waals surface area contributed by atoms with Gasteiger partial charge in [-0.1, -0.05) is 60.7 Å². The second-order valence-electron chi connectivity index (χ2n) is 7.89. The summed E-state index contributed by atoms with van der Waals surface area (Å²) in [4.78, 5) is 25.0. The number of carbonyl (C=O) groups excluding carboxylic acids is 2. The van der Waals surface area contributed by atoms with Gasteiger partial charge >= 0.3 is 11.9 Å². The minimum atomic E-state index is -0.434. The van der Waals surface area contributed by atoms with Crippen LogP contribution in [0.3, 0.4) is 0 Å². The van der Waals surface area contributed by atoms with Gasteiger partial charge in [-0.15, -0.1) is 0 Å². The van der Waals surface area contributed by atoms with Gasteiger partial charge in [0.15, 0.2) is 0 Å². The van der Waals surface area contributed by atoms with Gasteiger partial charge in [0.05, 0.1) is 24.9 Å². The molecule has 0 bridgehead atoms. The number of esters is 2. The van der Waals surface area contributed by atoms with Gasteiger partial charge in [-0.05, 0) is 70.8 Å². The van der Waals surface area contributed by atoms with Crippen LogP contribution in [0.4, 0.5) is 0 Å². The van der Waals surface area contributed by atoms with Crippen molar-refractivity contribution in [3.63, 3.8) is 0 Å². The summed E-state index contributed by atoms with van der Waals surface area (Å²) in [7, 11) is 1.34. The first-order chi connectivity index (χ1) is 17.1. The lowest BCUT2D eigenvalue weighted by Gasteiger charge is -2.11. The molecule has 5 nitrogen and oxygen atoms in total.